The lowest BCUT2D eigenvalue weighted by Crippen LogP contribution is -2.51. The lowest BCUT2D eigenvalue weighted by atomic mass is 9.88. The van der Waals surface area contributed by atoms with Gasteiger partial charge in [-0.05, 0) is 31.7 Å². The lowest BCUT2D eigenvalue weighted by Gasteiger charge is -2.39. The number of rotatable bonds is 3. The van der Waals surface area contributed by atoms with E-state index in [-0.39, 0.29) is 0 Å². The second-order valence-corrected chi connectivity index (χ2v) is 6.76. The van der Waals surface area contributed by atoms with Crippen LogP contribution in [0.3, 0.4) is 0 Å². The zero-order valence-electron chi connectivity index (χ0n) is 13.4. The van der Waals surface area contributed by atoms with Crippen molar-refractivity contribution in [3.8, 4) is 0 Å². The number of hydrogen-bond donors (Lipinski definition) is 1. The molecule has 2 aliphatic rings. The summed E-state index contributed by atoms with van der Waals surface area (Å²) in [6.07, 6.45) is 9.88. The van der Waals surface area contributed by atoms with Gasteiger partial charge in [0.25, 0.3) is 0 Å². The molecule has 1 amide bonds. The molecular weight excluding hydrogens is 248 g/mol. The van der Waals surface area contributed by atoms with Crippen LogP contribution in [0.15, 0.2) is 0 Å². The normalized spacial score (nSPS) is 29.8. The summed E-state index contributed by atoms with van der Waals surface area (Å²) < 4.78 is 0. The molecule has 2 unspecified atom stereocenters. The van der Waals surface area contributed by atoms with Crippen LogP contribution in [-0.4, -0.2) is 36.5 Å². The molecule has 0 radical (unpaired) electrons. The van der Waals surface area contributed by atoms with Crippen LogP contribution in [0.5, 0.6) is 0 Å². The van der Waals surface area contributed by atoms with Crippen LogP contribution in [0.4, 0.5) is 0 Å². The molecule has 2 rings (SSSR count). The van der Waals surface area contributed by atoms with E-state index >= 15 is 0 Å². The number of likely N-dealkylation sites (tertiary alicyclic amines) is 1. The number of hydrogen-bond acceptors (Lipinski definition) is 2. The first kappa shape index (κ1) is 15.8. The van der Waals surface area contributed by atoms with Gasteiger partial charge in [0.2, 0.25) is 5.91 Å². The first-order chi connectivity index (χ1) is 9.72. The maximum Gasteiger partial charge on any atom is 0.225 e. The fourth-order valence-electron chi connectivity index (χ4n) is 3.87. The summed E-state index contributed by atoms with van der Waals surface area (Å²) in [6.45, 7) is 7.39. The summed E-state index contributed by atoms with van der Waals surface area (Å²) in [4.78, 5) is 14.9. The minimum Gasteiger partial charge on any atom is -0.342 e. The summed E-state index contributed by atoms with van der Waals surface area (Å²) in [5.41, 5.74) is 0. The predicted molar refractivity (Wildman–Crippen MR) is 83.6 cm³/mol. The highest BCUT2D eigenvalue weighted by atomic mass is 16.2. The third-order valence-corrected chi connectivity index (χ3v) is 5.14. The highest BCUT2D eigenvalue weighted by Gasteiger charge is 2.31. The van der Waals surface area contributed by atoms with Crippen molar-refractivity contribution in [3.05, 3.63) is 0 Å². The van der Waals surface area contributed by atoms with Gasteiger partial charge in [-0.1, -0.05) is 46.0 Å². The average molecular weight is 280 g/mol. The maximum atomic E-state index is 12.7. The fraction of sp³-hybridized carbons (Fsp3) is 0.941. The van der Waals surface area contributed by atoms with E-state index in [0.717, 1.165) is 38.9 Å². The topological polar surface area (TPSA) is 32.3 Å². The van der Waals surface area contributed by atoms with Gasteiger partial charge in [-0.3, -0.25) is 4.79 Å². The van der Waals surface area contributed by atoms with Crippen molar-refractivity contribution in [1.29, 1.82) is 0 Å². The molecule has 3 nitrogen and oxygen atoms in total. The van der Waals surface area contributed by atoms with Crippen molar-refractivity contribution in [1.82, 2.24) is 10.2 Å². The lowest BCUT2D eigenvalue weighted by molar-refractivity contribution is -0.138. The number of nitrogens with one attached hydrogen (secondary N) is 1. The molecule has 2 atom stereocenters. The molecule has 0 bridgehead atoms. The van der Waals surface area contributed by atoms with E-state index in [1.165, 1.54) is 32.1 Å². The SMILES string of the molecule is CCNC1CCN(C(=O)C2CCCCCCC2)CC1C. The van der Waals surface area contributed by atoms with E-state index in [9.17, 15) is 4.79 Å². The fourth-order valence-corrected chi connectivity index (χ4v) is 3.87. The van der Waals surface area contributed by atoms with E-state index in [1.807, 2.05) is 0 Å². The molecule has 0 aromatic rings. The molecule has 1 aliphatic heterocycles. The predicted octanol–water partition coefficient (Wildman–Crippen LogP) is 3.19. The number of carbonyl (C=O) groups excluding carboxylic acids is 1. The summed E-state index contributed by atoms with van der Waals surface area (Å²) in [5, 5.41) is 3.55. The standard InChI is InChI=1S/C17H32N2O/c1-3-18-16-11-12-19(13-14(16)2)17(20)15-9-7-5-4-6-8-10-15/h14-16,18H,3-13H2,1-2H3. The minimum absolute atomic E-state index is 0.318. The Balaban J connectivity index is 1.85. The molecule has 0 aromatic heterocycles. The zero-order chi connectivity index (χ0) is 14.4. The Morgan fingerprint density at radius 1 is 1.10 bits per heavy atom. The third-order valence-electron chi connectivity index (χ3n) is 5.14. The van der Waals surface area contributed by atoms with Crippen molar-refractivity contribution in [3.63, 3.8) is 0 Å². The minimum atomic E-state index is 0.318. The van der Waals surface area contributed by atoms with Crippen LogP contribution in [0.2, 0.25) is 0 Å². The third kappa shape index (κ3) is 4.21. The van der Waals surface area contributed by atoms with Gasteiger partial charge < -0.3 is 10.2 Å². The van der Waals surface area contributed by atoms with Crippen molar-refractivity contribution in [2.24, 2.45) is 11.8 Å². The van der Waals surface area contributed by atoms with E-state index in [1.54, 1.807) is 0 Å². The molecule has 116 valence electrons. The van der Waals surface area contributed by atoms with Crippen LogP contribution in [-0.2, 0) is 4.79 Å². The Morgan fingerprint density at radius 2 is 1.75 bits per heavy atom. The van der Waals surface area contributed by atoms with Gasteiger partial charge in [0.05, 0.1) is 0 Å². The van der Waals surface area contributed by atoms with E-state index in [2.05, 4.69) is 24.1 Å². The first-order valence-corrected chi connectivity index (χ1v) is 8.74. The summed E-state index contributed by atoms with van der Waals surface area (Å²) in [5.74, 6) is 1.35. The van der Waals surface area contributed by atoms with Gasteiger partial charge in [-0.15, -0.1) is 0 Å². The summed E-state index contributed by atoms with van der Waals surface area (Å²) in [6, 6.07) is 0.599. The van der Waals surface area contributed by atoms with E-state index in [4.69, 9.17) is 0 Å². The molecule has 1 N–H and O–H groups in total. The van der Waals surface area contributed by atoms with E-state index in [0.29, 0.717) is 23.8 Å². The molecule has 3 heteroatoms. The summed E-state index contributed by atoms with van der Waals surface area (Å²) >= 11 is 0. The van der Waals surface area contributed by atoms with Crippen molar-refractivity contribution >= 4 is 5.91 Å². The maximum absolute atomic E-state index is 12.7. The van der Waals surface area contributed by atoms with Gasteiger partial charge >= 0.3 is 0 Å². The average Bonchev–Trinajstić information content (AvgIpc) is 2.40. The molecule has 2 fully saturated rings. The first-order valence-electron chi connectivity index (χ1n) is 8.74. The summed E-state index contributed by atoms with van der Waals surface area (Å²) in [7, 11) is 0. The molecule has 1 saturated carbocycles. The smallest absolute Gasteiger partial charge is 0.225 e. The Hall–Kier alpha value is -0.570. The number of piperidine rings is 1. The van der Waals surface area contributed by atoms with Crippen LogP contribution in [0.25, 0.3) is 0 Å². The highest BCUT2D eigenvalue weighted by molar-refractivity contribution is 5.79. The van der Waals surface area contributed by atoms with Crippen LogP contribution >= 0.6 is 0 Å². The number of carbonyl (C=O) groups is 1. The van der Waals surface area contributed by atoms with Crippen molar-refractivity contribution < 1.29 is 4.79 Å². The Morgan fingerprint density at radius 3 is 2.35 bits per heavy atom. The number of nitrogens with zero attached hydrogens (tertiary/aromatic N) is 1. The quantitative estimate of drug-likeness (QED) is 0.861. The van der Waals surface area contributed by atoms with Gasteiger partial charge in [0.1, 0.15) is 0 Å². The molecule has 20 heavy (non-hydrogen) atoms. The second-order valence-electron chi connectivity index (χ2n) is 6.76. The van der Waals surface area contributed by atoms with Gasteiger partial charge in [-0.25, -0.2) is 0 Å². The number of amides is 1. The Kier molecular flexibility index (Phi) is 6.34. The Bertz CT molecular complexity index is 297. The van der Waals surface area contributed by atoms with Crippen LogP contribution in [0, 0.1) is 11.8 Å². The molecule has 1 saturated heterocycles. The molecule has 0 spiro atoms. The largest absolute Gasteiger partial charge is 0.342 e. The molecule has 0 aromatic carbocycles. The van der Waals surface area contributed by atoms with Crippen molar-refractivity contribution in [2.75, 3.05) is 19.6 Å². The van der Waals surface area contributed by atoms with Crippen molar-refractivity contribution in [2.45, 2.75) is 71.3 Å². The van der Waals surface area contributed by atoms with Gasteiger partial charge in [0.15, 0.2) is 0 Å². The van der Waals surface area contributed by atoms with E-state index < -0.39 is 0 Å². The molecule has 1 aliphatic carbocycles. The van der Waals surface area contributed by atoms with Crippen LogP contribution in [0.1, 0.15) is 65.2 Å². The van der Waals surface area contributed by atoms with Crippen LogP contribution < -0.4 is 5.32 Å². The monoisotopic (exact) mass is 280 g/mol. The Labute approximate surface area is 124 Å². The van der Waals surface area contributed by atoms with Gasteiger partial charge in [-0.2, -0.15) is 0 Å². The highest BCUT2D eigenvalue weighted by Crippen LogP contribution is 2.26. The molecular formula is C17H32N2O. The zero-order valence-corrected chi connectivity index (χ0v) is 13.4. The van der Waals surface area contributed by atoms with Gasteiger partial charge in [0, 0.05) is 25.0 Å². The molecule has 1 heterocycles. The second kappa shape index (κ2) is 8.02.